The van der Waals surface area contributed by atoms with Crippen LogP contribution in [0.2, 0.25) is 0 Å². The zero-order valence-corrected chi connectivity index (χ0v) is 17.3. The number of hydrogen-bond donors (Lipinski definition) is 2. The Morgan fingerprint density at radius 3 is 2.37 bits per heavy atom. The number of sulfonamides is 1. The smallest absolute Gasteiger partial charge is 0.408 e. The standard InChI is InChI=1S/C19H24F3N3O4S/c1-28-13-16(29-17-5-3-4-10-24-17)12-23-11-14-6-8-15(9-7-14)18(19(20,21)22)25-30(2,26)27/h3-10,16,18,23,25H,11-13H2,1-2H3. The number of nitrogens with one attached hydrogen (secondary N) is 2. The summed E-state index contributed by atoms with van der Waals surface area (Å²) in [4.78, 5) is 4.09. The second-order valence-corrected chi connectivity index (χ2v) is 8.38. The van der Waals surface area contributed by atoms with E-state index in [1.165, 1.54) is 24.3 Å². The van der Waals surface area contributed by atoms with Gasteiger partial charge in [0.2, 0.25) is 15.9 Å². The number of halogens is 3. The molecule has 2 N–H and O–H groups in total. The molecule has 0 spiro atoms. The van der Waals surface area contributed by atoms with Crippen LogP contribution in [0.25, 0.3) is 0 Å². The van der Waals surface area contributed by atoms with E-state index in [1.807, 2.05) is 0 Å². The number of rotatable bonds is 11. The molecular formula is C19H24F3N3O4S. The molecule has 2 aromatic rings. The molecule has 0 aliphatic heterocycles. The lowest BCUT2D eigenvalue weighted by Crippen LogP contribution is -2.37. The highest BCUT2D eigenvalue weighted by atomic mass is 32.2. The average molecular weight is 447 g/mol. The Morgan fingerprint density at radius 2 is 1.83 bits per heavy atom. The SMILES string of the molecule is COCC(CNCc1ccc(C(NS(C)(=O)=O)C(F)(F)F)cc1)Oc1ccccn1. The molecule has 11 heteroatoms. The van der Waals surface area contributed by atoms with E-state index in [9.17, 15) is 21.6 Å². The monoisotopic (exact) mass is 447 g/mol. The Labute approximate surface area is 173 Å². The zero-order valence-electron chi connectivity index (χ0n) is 16.5. The molecule has 1 heterocycles. The molecule has 7 nitrogen and oxygen atoms in total. The highest BCUT2D eigenvalue weighted by Crippen LogP contribution is 2.33. The molecule has 0 saturated heterocycles. The lowest BCUT2D eigenvalue weighted by atomic mass is 10.1. The van der Waals surface area contributed by atoms with Crippen LogP contribution in [0.1, 0.15) is 17.2 Å². The minimum Gasteiger partial charge on any atom is -0.471 e. The van der Waals surface area contributed by atoms with Crippen molar-refractivity contribution in [2.24, 2.45) is 0 Å². The molecule has 0 aliphatic rings. The van der Waals surface area contributed by atoms with Crippen LogP contribution in [0.5, 0.6) is 5.88 Å². The van der Waals surface area contributed by atoms with Gasteiger partial charge >= 0.3 is 6.18 Å². The fraction of sp³-hybridized carbons (Fsp3) is 0.421. The Balaban J connectivity index is 1.95. The van der Waals surface area contributed by atoms with Gasteiger partial charge in [-0.05, 0) is 17.2 Å². The van der Waals surface area contributed by atoms with Crippen LogP contribution >= 0.6 is 0 Å². The van der Waals surface area contributed by atoms with Gasteiger partial charge in [-0.1, -0.05) is 30.3 Å². The number of nitrogens with zero attached hydrogens (tertiary/aromatic N) is 1. The van der Waals surface area contributed by atoms with E-state index in [2.05, 4.69) is 10.3 Å². The van der Waals surface area contributed by atoms with Crippen molar-refractivity contribution >= 4 is 10.0 Å². The van der Waals surface area contributed by atoms with E-state index >= 15 is 0 Å². The Hall–Kier alpha value is -2.21. The van der Waals surface area contributed by atoms with E-state index in [4.69, 9.17) is 9.47 Å². The maximum atomic E-state index is 13.2. The van der Waals surface area contributed by atoms with Crippen molar-refractivity contribution in [1.82, 2.24) is 15.0 Å². The molecule has 1 aromatic heterocycles. The van der Waals surface area contributed by atoms with Crippen LogP contribution in [0.15, 0.2) is 48.7 Å². The van der Waals surface area contributed by atoms with Crippen molar-refractivity contribution in [2.45, 2.75) is 24.9 Å². The summed E-state index contributed by atoms with van der Waals surface area (Å²) < 4.78 is 74.7. The van der Waals surface area contributed by atoms with Gasteiger partial charge in [-0.2, -0.15) is 17.9 Å². The summed E-state index contributed by atoms with van der Waals surface area (Å²) in [7, 11) is -2.48. The molecule has 0 fully saturated rings. The van der Waals surface area contributed by atoms with Crippen LogP contribution in [0.4, 0.5) is 13.2 Å². The summed E-state index contributed by atoms with van der Waals surface area (Å²) in [5.74, 6) is 0.460. The lowest BCUT2D eigenvalue weighted by Gasteiger charge is -2.21. The van der Waals surface area contributed by atoms with Crippen molar-refractivity contribution in [3.05, 3.63) is 59.8 Å². The van der Waals surface area contributed by atoms with Crippen LogP contribution in [0.3, 0.4) is 0 Å². The Morgan fingerprint density at radius 1 is 1.13 bits per heavy atom. The van der Waals surface area contributed by atoms with Gasteiger partial charge in [0.25, 0.3) is 0 Å². The highest BCUT2D eigenvalue weighted by Gasteiger charge is 2.42. The molecule has 30 heavy (non-hydrogen) atoms. The van der Waals surface area contributed by atoms with Gasteiger partial charge in [0.15, 0.2) is 0 Å². The number of aromatic nitrogens is 1. The number of alkyl halides is 3. The minimum absolute atomic E-state index is 0.188. The van der Waals surface area contributed by atoms with Gasteiger partial charge in [0, 0.05) is 32.5 Å². The van der Waals surface area contributed by atoms with Crippen LogP contribution in [-0.4, -0.2) is 52.2 Å². The summed E-state index contributed by atoms with van der Waals surface area (Å²) in [6.07, 6.45) is -2.76. The number of methoxy groups -OCH3 is 1. The summed E-state index contributed by atoms with van der Waals surface area (Å²) in [5, 5.41) is 3.16. The molecule has 0 saturated carbocycles. The quantitative estimate of drug-likeness (QED) is 0.550. The number of pyridine rings is 1. The average Bonchev–Trinajstić information content (AvgIpc) is 2.66. The van der Waals surface area contributed by atoms with Crippen molar-refractivity contribution in [3.63, 3.8) is 0 Å². The van der Waals surface area contributed by atoms with Crippen molar-refractivity contribution in [2.75, 3.05) is 26.5 Å². The fourth-order valence-corrected chi connectivity index (χ4v) is 3.35. The number of benzene rings is 1. The van der Waals surface area contributed by atoms with Crippen LogP contribution in [-0.2, 0) is 21.3 Å². The molecule has 2 unspecified atom stereocenters. The van der Waals surface area contributed by atoms with Gasteiger partial charge < -0.3 is 14.8 Å². The minimum atomic E-state index is -4.75. The summed E-state index contributed by atoms with van der Waals surface area (Å²) in [6.45, 7) is 1.13. The summed E-state index contributed by atoms with van der Waals surface area (Å²) >= 11 is 0. The van der Waals surface area contributed by atoms with Crippen LogP contribution < -0.4 is 14.8 Å². The fourth-order valence-electron chi connectivity index (χ4n) is 2.65. The van der Waals surface area contributed by atoms with E-state index in [-0.39, 0.29) is 11.7 Å². The Kier molecular flexibility index (Phi) is 8.59. The first-order valence-corrected chi connectivity index (χ1v) is 10.9. The van der Waals surface area contributed by atoms with Crippen molar-refractivity contribution in [1.29, 1.82) is 0 Å². The molecule has 2 atom stereocenters. The predicted molar refractivity (Wildman–Crippen MR) is 105 cm³/mol. The third-order valence-corrected chi connectivity index (χ3v) is 4.62. The van der Waals surface area contributed by atoms with Gasteiger partial charge in [-0.3, -0.25) is 0 Å². The molecule has 0 amide bonds. The highest BCUT2D eigenvalue weighted by molar-refractivity contribution is 7.88. The zero-order chi connectivity index (χ0) is 22.2. The molecule has 2 rings (SSSR count). The predicted octanol–water partition coefficient (Wildman–Crippen LogP) is 2.42. The van der Waals surface area contributed by atoms with Crippen molar-refractivity contribution < 1.29 is 31.1 Å². The first-order valence-electron chi connectivity index (χ1n) is 8.98. The molecule has 166 valence electrons. The van der Waals surface area contributed by atoms with Crippen molar-refractivity contribution in [3.8, 4) is 5.88 Å². The number of hydrogen-bond acceptors (Lipinski definition) is 6. The van der Waals surface area contributed by atoms with E-state index < -0.39 is 22.2 Å². The van der Waals surface area contributed by atoms with Gasteiger partial charge in [0.05, 0.1) is 12.9 Å². The molecule has 0 radical (unpaired) electrons. The van der Waals surface area contributed by atoms with Crippen LogP contribution in [0, 0.1) is 0 Å². The first kappa shape index (κ1) is 24.1. The second-order valence-electron chi connectivity index (χ2n) is 6.60. The lowest BCUT2D eigenvalue weighted by molar-refractivity contribution is -0.153. The van der Waals surface area contributed by atoms with Gasteiger partial charge in [-0.25, -0.2) is 13.4 Å². The largest absolute Gasteiger partial charge is 0.471 e. The summed E-state index contributed by atoms with van der Waals surface area (Å²) in [6, 6.07) is 8.53. The maximum Gasteiger partial charge on any atom is 0.408 e. The first-order chi connectivity index (χ1) is 14.1. The normalized spacial score (nSPS) is 14.3. The topological polar surface area (TPSA) is 89.6 Å². The molecular weight excluding hydrogens is 423 g/mol. The van der Waals surface area contributed by atoms with E-state index in [1.54, 1.807) is 36.2 Å². The molecule has 0 aliphatic carbocycles. The molecule has 0 bridgehead atoms. The van der Waals surface area contributed by atoms with Gasteiger partial charge in [0.1, 0.15) is 12.1 Å². The third kappa shape index (κ3) is 8.27. The Bertz CT molecular complexity index is 878. The van der Waals surface area contributed by atoms with Gasteiger partial charge in [-0.15, -0.1) is 0 Å². The van der Waals surface area contributed by atoms with E-state index in [0.717, 1.165) is 5.56 Å². The third-order valence-electron chi connectivity index (χ3n) is 3.95. The molecule has 1 aromatic carbocycles. The summed E-state index contributed by atoms with van der Waals surface area (Å²) in [5.41, 5.74) is 0.542. The number of ether oxygens (including phenoxy) is 2. The second kappa shape index (κ2) is 10.7. The maximum absolute atomic E-state index is 13.2. The van der Waals surface area contributed by atoms with E-state index in [0.29, 0.717) is 31.8 Å².